The highest BCUT2D eigenvalue weighted by molar-refractivity contribution is 6.02. The Kier molecular flexibility index (Phi) is 5.79. The maximum absolute atomic E-state index is 13.0. The Morgan fingerprint density at radius 1 is 1.04 bits per heavy atom. The smallest absolute Gasteiger partial charge is 0.432 e. The average Bonchev–Trinajstić information content (AvgIpc) is 2.93. The predicted octanol–water partition coefficient (Wildman–Crippen LogP) is 2.81. The highest BCUT2D eigenvalue weighted by Crippen LogP contribution is 2.35. The zero-order valence-corrected chi connectivity index (χ0v) is 15.7. The summed E-state index contributed by atoms with van der Waals surface area (Å²) in [4.78, 5) is 38.4. The molecule has 0 saturated heterocycles. The number of nitrogens with zero attached hydrogens (tertiary/aromatic N) is 2. The molecule has 2 atom stereocenters. The van der Waals surface area contributed by atoms with Crippen molar-refractivity contribution in [2.75, 3.05) is 13.2 Å². The summed E-state index contributed by atoms with van der Waals surface area (Å²) in [6.45, 7) is 3.51. The third kappa shape index (κ3) is 3.50. The quantitative estimate of drug-likeness (QED) is 0.724. The number of ketones is 1. The molecule has 8 heteroatoms. The third-order valence-corrected chi connectivity index (χ3v) is 4.33. The van der Waals surface area contributed by atoms with Gasteiger partial charge < -0.3 is 14.2 Å². The number of hydrazine groups is 1. The van der Waals surface area contributed by atoms with Crippen LogP contribution in [-0.4, -0.2) is 53.0 Å². The fraction of sp³-hybridized carbons (Fsp3) is 0.350. The lowest BCUT2D eigenvalue weighted by molar-refractivity contribution is -0.195. The maximum Gasteiger partial charge on any atom is 0.432 e. The first kappa shape index (κ1) is 19.6. The van der Waals surface area contributed by atoms with E-state index in [4.69, 9.17) is 14.2 Å². The van der Waals surface area contributed by atoms with Crippen LogP contribution in [0.2, 0.25) is 0 Å². The molecular formula is C20H22N2O6. The molecule has 4 rings (SSSR count). The van der Waals surface area contributed by atoms with E-state index in [9.17, 15) is 14.4 Å². The molecule has 1 aliphatic carbocycles. The van der Waals surface area contributed by atoms with Gasteiger partial charge in [-0.05, 0) is 31.6 Å². The monoisotopic (exact) mass is 386 g/mol. The molecule has 3 aliphatic rings. The van der Waals surface area contributed by atoms with Gasteiger partial charge in [0.15, 0.2) is 0 Å². The molecule has 0 spiro atoms. The summed E-state index contributed by atoms with van der Waals surface area (Å²) >= 11 is 0. The molecule has 0 unspecified atom stereocenters. The first-order valence-electron chi connectivity index (χ1n) is 9.06. The van der Waals surface area contributed by atoms with E-state index in [1.807, 2.05) is 30.3 Å². The lowest BCUT2D eigenvalue weighted by Crippen LogP contribution is -2.67. The van der Waals surface area contributed by atoms with Crippen LogP contribution in [-0.2, 0) is 25.6 Å². The van der Waals surface area contributed by atoms with Crippen LogP contribution in [0.5, 0.6) is 0 Å². The van der Waals surface area contributed by atoms with Gasteiger partial charge in [0, 0.05) is 0 Å². The number of ether oxygens (including phenoxy) is 3. The molecule has 1 aromatic rings. The van der Waals surface area contributed by atoms with Gasteiger partial charge in [0.05, 0.1) is 25.9 Å². The normalized spacial score (nSPS) is 22.9. The summed E-state index contributed by atoms with van der Waals surface area (Å²) in [6, 6.07) is 8.53. The van der Waals surface area contributed by atoms with Crippen molar-refractivity contribution >= 4 is 18.0 Å². The van der Waals surface area contributed by atoms with Crippen LogP contribution in [0.1, 0.15) is 19.4 Å². The fourth-order valence-corrected chi connectivity index (χ4v) is 3.06. The average molecular weight is 386 g/mol. The van der Waals surface area contributed by atoms with Crippen molar-refractivity contribution < 1.29 is 28.6 Å². The van der Waals surface area contributed by atoms with Crippen molar-refractivity contribution in [2.45, 2.75) is 32.2 Å². The van der Waals surface area contributed by atoms with Gasteiger partial charge in [0.25, 0.3) is 0 Å². The van der Waals surface area contributed by atoms with Crippen LogP contribution in [0.15, 0.2) is 54.6 Å². The molecule has 0 N–H and O–H groups in total. The molecular weight excluding hydrogens is 364 g/mol. The third-order valence-electron chi connectivity index (χ3n) is 4.33. The van der Waals surface area contributed by atoms with E-state index in [2.05, 4.69) is 0 Å². The van der Waals surface area contributed by atoms with Crippen molar-refractivity contribution in [2.24, 2.45) is 0 Å². The Morgan fingerprint density at radius 2 is 1.71 bits per heavy atom. The van der Waals surface area contributed by atoms with Gasteiger partial charge in [-0.1, -0.05) is 42.5 Å². The molecule has 0 fully saturated rings. The Balaban J connectivity index is 2.03. The van der Waals surface area contributed by atoms with Crippen LogP contribution >= 0.6 is 0 Å². The number of carbonyl (C=O) groups is 3. The van der Waals surface area contributed by atoms with Crippen molar-refractivity contribution in [1.82, 2.24) is 10.0 Å². The number of hydrogen-bond donors (Lipinski definition) is 0. The van der Waals surface area contributed by atoms with Crippen molar-refractivity contribution in [3.63, 3.8) is 0 Å². The zero-order chi connectivity index (χ0) is 20.1. The van der Waals surface area contributed by atoms with Crippen LogP contribution in [0, 0.1) is 0 Å². The van der Waals surface area contributed by atoms with Gasteiger partial charge in [-0.25, -0.2) is 9.59 Å². The summed E-state index contributed by atoms with van der Waals surface area (Å²) in [5, 5.41) is 1.96. The molecule has 2 heterocycles. The summed E-state index contributed by atoms with van der Waals surface area (Å²) in [5.41, 5.74) is -1.04. The Hall–Kier alpha value is -3.13. The van der Waals surface area contributed by atoms with E-state index in [1.54, 1.807) is 19.9 Å². The molecule has 2 aliphatic heterocycles. The molecule has 0 radical (unpaired) electrons. The minimum Gasteiger partial charge on any atom is -0.448 e. The molecule has 2 bridgehead atoms. The van der Waals surface area contributed by atoms with Gasteiger partial charge in [-0.3, -0.25) is 4.79 Å². The lowest BCUT2D eigenvalue weighted by atomic mass is 10.1. The molecule has 0 saturated carbocycles. The molecule has 8 nitrogen and oxygen atoms in total. The highest BCUT2D eigenvalue weighted by Gasteiger charge is 2.55. The number of benzene rings is 1. The number of hydrogen-bond acceptors (Lipinski definition) is 6. The Bertz CT molecular complexity index is 806. The molecule has 1 aromatic carbocycles. The number of carbonyl (C=O) groups excluding carboxylic acids is 3. The molecule has 0 aromatic heterocycles. The SMILES string of the molecule is CCOC(=O)N1[C@H]2C=CC(=O)[C@](OCc3ccccc3)(C=C2)N1C(=O)OCC. The first-order chi connectivity index (χ1) is 13.5. The fourth-order valence-electron chi connectivity index (χ4n) is 3.06. The molecule has 148 valence electrons. The second kappa shape index (κ2) is 8.26. The Morgan fingerprint density at radius 3 is 2.39 bits per heavy atom. The van der Waals surface area contributed by atoms with Gasteiger partial charge in [-0.2, -0.15) is 10.0 Å². The van der Waals surface area contributed by atoms with Gasteiger partial charge in [0.2, 0.25) is 11.5 Å². The van der Waals surface area contributed by atoms with Crippen LogP contribution in [0.3, 0.4) is 0 Å². The molecule has 28 heavy (non-hydrogen) atoms. The van der Waals surface area contributed by atoms with Gasteiger partial charge in [-0.15, -0.1) is 0 Å². The van der Waals surface area contributed by atoms with E-state index >= 15 is 0 Å². The summed E-state index contributed by atoms with van der Waals surface area (Å²) < 4.78 is 16.2. The van der Waals surface area contributed by atoms with Crippen LogP contribution in [0.25, 0.3) is 0 Å². The number of rotatable bonds is 5. The summed E-state index contributed by atoms with van der Waals surface area (Å²) in [6.07, 6.45) is 4.27. The van der Waals surface area contributed by atoms with Crippen LogP contribution in [0.4, 0.5) is 9.59 Å². The first-order valence-corrected chi connectivity index (χ1v) is 9.06. The highest BCUT2D eigenvalue weighted by atomic mass is 16.6. The number of fused-ring (bicyclic) bond motifs is 2. The maximum atomic E-state index is 13.0. The van der Waals surface area contributed by atoms with Crippen molar-refractivity contribution in [1.29, 1.82) is 0 Å². The lowest BCUT2D eigenvalue weighted by Gasteiger charge is -2.46. The molecule has 2 amide bonds. The predicted molar refractivity (Wildman–Crippen MR) is 98.8 cm³/mol. The van der Waals surface area contributed by atoms with E-state index < -0.39 is 29.7 Å². The summed E-state index contributed by atoms with van der Waals surface area (Å²) in [7, 11) is 0. The van der Waals surface area contributed by atoms with E-state index in [-0.39, 0.29) is 19.8 Å². The van der Waals surface area contributed by atoms with Gasteiger partial charge >= 0.3 is 12.2 Å². The minimum absolute atomic E-state index is 0.0436. The van der Waals surface area contributed by atoms with E-state index in [0.717, 1.165) is 15.6 Å². The van der Waals surface area contributed by atoms with Crippen molar-refractivity contribution in [3.05, 3.63) is 60.2 Å². The standard InChI is InChI=1S/C20H22N2O6/c1-3-26-18(24)21-16-10-11-17(23)20(13-12-16,22(21)19(25)27-4-2)28-14-15-8-6-5-7-9-15/h5-13,16H,3-4,14H2,1-2H3/t16-,20+/m0/s1. The minimum atomic E-state index is -1.85. The number of amides is 2. The van der Waals surface area contributed by atoms with Crippen molar-refractivity contribution in [3.8, 4) is 0 Å². The second-order valence-electron chi connectivity index (χ2n) is 6.10. The van der Waals surface area contributed by atoms with E-state index in [1.165, 1.54) is 18.2 Å². The topological polar surface area (TPSA) is 85.4 Å². The zero-order valence-electron chi connectivity index (χ0n) is 15.7. The largest absolute Gasteiger partial charge is 0.448 e. The Labute approximate surface area is 162 Å². The summed E-state index contributed by atoms with van der Waals surface area (Å²) in [5.74, 6) is -0.498. The van der Waals surface area contributed by atoms with Crippen LogP contribution < -0.4 is 0 Å². The second-order valence-corrected chi connectivity index (χ2v) is 6.10. The van der Waals surface area contributed by atoms with E-state index in [0.29, 0.717) is 0 Å². The van der Waals surface area contributed by atoms with Gasteiger partial charge in [0.1, 0.15) is 0 Å².